The van der Waals surface area contributed by atoms with Crippen LogP contribution in [0, 0.1) is 0 Å². The largest absolute Gasteiger partial charge is 0.368 e. The lowest BCUT2D eigenvalue weighted by Gasteiger charge is -2.39. The number of carbonyl (C=O) groups is 1. The van der Waals surface area contributed by atoms with Crippen LogP contribution in [0.5, 0.6) is 0 Å². The van der Waals surface area contributed by atoms with Crippen LogP contribution < -0.4 is 9.80 Å². The smallest absolute Gasteiger partial charge is 0.214 e. The van der Waals surface area contributed by atoms with Crippen molar-refractivity contribution in [3.8, 4) is 11.1 Å². The molecular weight excluding hydrogens is 292 g/mol. The first kappa shape index (κ1) is 15.0. The van der Waals surface area contributed by atoms with Crippen molar-refractivity contribution in [3.05, 3.63) is 42.5 Å². The molecule has 1 atom stereocenters. The molecule has 0 N–H and O–H groups in total. The van der Waals surface area contributed by atoms with Crippen molar-refractivity contribution in [3.63, 3.8) is 0 Å². The number of amides is 1. The highest BCUT2D eigenvalue weighted by Gasteiger charge is 2.25. The van der Waals surface area contributed by atoms with E-state index in [0.29, 0.717) is 6.04 Å². The summed E-state index contributed by atoms with van der Waals surface area (Å²) in [5.41, 5.74) is 4.41. The van der Waals surface area contributed by atoms with Crippen LogP contribution in [-0.4, -0.2) is 32.3 Å². The van der Waals surface area contributed by atoms with Gasteiger partial charge in [0.25, 0.3) is 0 Å². The van der Waals surface area contributed by atoms with Gasteiger partial charge in [-0.2, -0.15) is 0 Å². The second kappa shape index (κ2) is 6.05. The quantitative estimate of drug-likeness (QED) is 0.635. The monoisotopic (exact) mass is 312 g/mol. The van der Waals surface area contributed by atoms with Crippen LogP contribution in [0.15, 0.2) is 47.4 Å². The molecule has 2 aromatic rings. The molecule has 114 valence electrons. The number of carbonyl (C=O) groups excluding carboxylic acids is 1. The zero-order valence-corrected chi connectivity index (χ0v) is 13.9. The number of rotatable bonds is 3. The van der Waals surface area contributed by atoms with Crippen LogP contribution in [0.1, 0.15) is 6.92 Å². The molecule has 1 heterocycles. The number of hydrogen-bond donors (Lipinski definition) is 0. The highest BCUT2D eigenvalue weighted by Crippen LogP contribution is 2.37. The Morgan fingerprint density at radius 3 is 2.41 bits per heavy atom. The van der Waals surface area contributed by atoms with E-state index in [-0.39, 0.29) is 0 Å². The fourth-order valence-corrected chi connectivity index (χ4v) is 3.27. The van der Waals surface area contributed by atoms with Crippen LogP contribution in [0.2, 0.25) is 0 Å². The number of likely N-dealkylation sites (N-methyl/N-ethyl adjacent to an activating group) is 1. The molecule has 0 saturated heterocycles. The van der Waals surface area contributed by atoms with Gasteiger partial charge in [-0.25, -0.2) is 0 Å². The minimum Gasteiger partial charge on any atom is -0.368 e. The molecule has 1 amide bonds. The minimum atomic E-state index is 0.324. The summed E-state index contributed by atoms with van der Waals surface area (Å²) in [5.74, 6) is 0. The Hall–Kier alpha value is -1.94. The standard InChI is InChI=1S/C18H20N2OS/c1-13-11-20(12-21)18-10-15(6-9-17(18)19(13)2)14-4-7-16(22-3)8-5-14/h4-10,12-13H,11H2,1-3H3. The summed E-state index contributed by atoms with van der Waals surface area (Å²) in [6, 6.07) is 15.2. The van der Waals surface area contributed by atoms with Crippen LogP contribution in [0.3, 0.4) is 0 Å². The SMILES string of the molecule is CSc1ccc(-c2ccc3c(c2)N(C=O)CC(C)N3C)cc1. The van der Waals surface area contributed by atoms with Crippen molar-refractivity contribution >= 4 is 29.5 Å². The summed E-state index contributed by atoms with van der Waals surface area (Å²) in [5, 5.41) is 0. The Balaban J connectivity index is 2.03. The maximum absolute atomic E-state index is 11.4. The summed E-state index contributed by atoms with van der Waals surface area (Å²) >= 11 is 1.74. The number of fused-ring (bicyclic) bond motifs is 1. The fraction of sp³-hybridized carbons (Fsp3) is 0.278. The summed E-state index contributed by atoms with van der Waals surface area (Å²) < 4.78 is 0. The van der Waals surface area contributed by atoms with Crippen molar-refractivity contribution in [1.82, 2.24) is 0 Å². The van der Waals surface area contributed by atoms with Crippen LogP contribution in [0.4, 0.5) is 11.4 Å². The zero-order valence-electron chi connectivity index (χ0n) is 13.1. The summed E-state index contributed by atoms with van der Waals surface area (Å²) in [6.07, 6.45) is 3.01. The van der Waals surface area contributed by atoms with Crippen molar-refractivity contribution < 1.29 is 4.79 Å². The van der Waals surface area contributed by atoms with Gasteiger partial charge in [0, 0.05) is 24.5 Å². The lowest BCUT2D eigenvalue weighted by Crippen LogP contribution is -2.45. The highest BCUT2D eigenvalue weighted by molar-refractivity contribution is 7.98. The minimum absolute atomic E-state index is 0.324. The van der Waals surface area contributed by atoms with E-state index >= 15 is 0 Å². The Morgan fingerprint density at radius 2 is 1.77 bits per heavy atom. The van der Waals surface area contributed by atoms with Gasteiger partial charge in [0.15, 0.2) is 0 Å². The van der Waals surface area contributed by atoms with Crippen LogP contribution in [-0.2, 0) is 4.79 Å². The lowest BCUT2D eigenvalue weighted by molar-refractivity contribution is -0.107. The van der Waals surface area contributed by atoms with Crippen molar-refractivity contribution in [2.24, 2.45) is 0 Å². The fourth-order valence-electron chi connectivity index (χ4n) is 2.86. The van der Waals surface area contributed by atoms with Crippen LogP contribution in [0.25, 0.3) is 11.1 Å². The van der Waals surface area contributed by atoms with Gasteiger partial charge in [-0.05, 0) is 48.6 Å². The van der Waals surface area contributed by atoms with Gasteiger partial charge in [0.05, 0.1) is 11.4 Å². The van der Waals surface area contributed by atoms with Gasteiger partial charge >= 0.3 is 0 Å². The average molecular weight is 312 g/mol. The first-order chi connectivity index (χ1) is 10.6. The normalized spacial score (nSPS) is 17.3. The second-order valence-electron chi connectivity index (χ2n) is 5.65. The van der Waals surface area contributed by atoms with E-state index in [1.54, 1.807) is 16.7 Å². The van der Waals surface area contributed by atoms with E-state index in [2.05, 4.69) is 67.6 Å². The number of anilines is 2. The van der Waals surface area contributed by atoms with Crippen molar-refractivity contribution in [1.29, 1.82) is 0 Å². The summed E-state index contributed by atoms with van der Waals surface area (Å²) in [7, 11) is 2.08. The summed E-state index contributed by atoms with van der Waals surface area (Å²) in [6.45, 7) is 2.86. The molecule has 0 fully saturated rings. The molecule has 0 bridgehead atoms. The van der Waals surface area contributed by atoms with Crippen molar-refractivity contribution in [2.75, 3.05) is 29.6 Å². The molecule has 3 nitrogen and oxygen atoms in total. The predicted octanol–water partition coefficient (Wildman–Crippen LogP) is 3.88. The molecule has 2 aromatic carbocycles. The average Bonchev–Trinajstić information content (AvgIpc) is 2.57. The van der Waals surface area contributed by atoms with E-state index < -0.39 is 0 Å². The number of thioether (sulfide) groups is 1. The third-order valence-electron chi connectivity index (χ3n) is 4.34. The van der Waals surface area contributed by atoms with E-state index in [4.69, 9.17) is 0 Å². The third-order valence-corrected chi connectivity index (χ3v) is 5.08. The summed E-state index contributed by atoms with van der Waals surface area (Å²) in [4.78, 5) is 16.7. The van der Waals surface area contributed by atoms with E-state index in [1.165, 1.54) is 10.5 Å². The van der Waals surface area contributed by atoms with Gasteiger partial charge in [-0.15, -0.1) is 11.8 Å². The molecule has 3 rings (SSSR count). The molecular formula is C18H20N2OS. The molecule has 4 heteroatoms. The molecule has 22 heavy (non-hydrogen) atoms. The Kier molecular flexibility index (Phi) is 4.12. The second-order valence-corrected chi connectivity index (χ2v) is 6.53. The van der Waals surface area contributed by atoms with Gasteiger partial charge in [0.1, 0.15) is 0 Å². The van der Waals surface area contributed by atoms with Gasteiger partial charge in [-0.3, -0.25) is 4.79 Å². The number of hydrogen-bond acceptors (Lipinski definition) is 3. The number of benzene rings is 2. The Bertz CT molecular complexity index is 684. The van der Waals surface area contributed by atoms with E-state index in [1.807, 2.05) is 0 Å². The maximum atomic E-state index is 11.4. The molecule has 0 radical (unpaired) electrons. The topological polar surface area (TPSA) is 23.6 Å². The van der Waals surface area contributed by atoms with Gasteiger partial charge in [-0.1, -0.05) is 18.2 Å². The first-order valence-corrected chi connectivity index (χ1v) is 8.59. The van der Waals surface area contributed by atoms with Gasteiger partial charge < -0.3 is 9.80 Å². The van der Waals surface area contributed by atoms with E-state index in [0.717, 1.165) is 29.9 Å². The molecule has 1 aliphatic heterocycles. The third kappa shape index (κ3) is 2.59. The Labute approximate surface area is 135 Å². The lowest BCUT2D eigenvalue weighted by atomic mass is 10.0. The molecule has 1 aliphatic rings. The first-order valence-electron chi connectivity index (χ1n) is 7.37. The molecule has 0 aliphatic carbocycles. The van der Waals surface area contributed by atoms with Gasteiger partial charge in [0.2, 0.25) is 6.41 Å². The maximum Gasteiger partial charge on any atom is 0.214 e. The molecule has 0 saturated carbocycles. The van der Waals surface area contributed by atoms with E-state index in [9.17, 15) is 4.79 Å². The zero-order chi connectivity index (χ0) is 15.7. The van der Waals surface area contributed by atoms with Crippen LogP contribution >= 0.6 is 11.8 Å². The Morgan fingerprint density at radius 1 is 1.09 bits per heavy atom. The molecule has 1 unspecified atom stereocenters. The molecule has 0 spiro atoms. The number of nitrogens with zero attached hydrogens (tertiary/aromatic N) is 2. The predicted molar refractivity (Wildman–Crippen MR) is 94.9 cm³/mol. The highest BCUT2D eigenvalue weighted by atomic mass is 32.2. The molecule has 0 aromatic heterocycles. The van der Waals surface area contributed by atoms with Crippen molar-refractivity contribution in [2.45, 2.75) is 17.9 Å².